The highest BCUT2D eigenvalue weighted by Crippen LogP contribution is 2.21. The minimum Gasteiger partial charge on any atom is -0.392 e. The van der Waals surface area contributed by atoms with Gasteiger partial charge in [-0.1, -0.05) is 6.07 Å². The van der Waals surface area contributed by atoms with Gasteiger partial charge in [0.15, 0.2) is 0 Å². The molecule has 0 fully saturated rings. The number of aromatic nitrogens is 2. The molecule has 5 nitrogen and oxygen atoms in total. The van der Waals surface area contributed by atoms with Crippen molar-refractivity contribution in [2.24, 2.45) is 14.1 Å². The Morgan fingerprint density at radius 1 is 1.16 bits per heavy atom. The average molecular weight is 359 g/mol. The second kappa shape index (κ2) is 7.15. The monoisotopic (exact) mass is 359 g/mol. The van der Waals surface area contributed by atoms with Crippen LogP contribution in [0.3, 0.4) is 0 Å². The third kappa shape index (κ3) is 3.71. The molecule has 0 bridgehead atoms. The lowest BCUT2D eigenvalue weighted by Crippen LogP contribution is -2.30. The quantitative estimate of drug-likeness (QED) is 0.736. The van der Waals surface area contributed by atoms with Crippen molar-refractivity contribution in [3.8, 4) is 0 Å². The van der Waals surface area contributed by atoms with Crippen LogP contribution in [0.15, 0.2) is 34.4 Å². The number of hydrogen-bond acceptors (Lipinski definition) is 4. The van der Waals surface area contributed by atoms with Crippen molar-refractivity contribution in [2.75, 3.05) is 6.54 Å². The summed E-state index contributed by atoms with van der Waals surface area (Å²) in [6.45, 7) is 6.11. The number of benzene rings is 1. The minimum atomic E-state index is -0.384. The number of imidazole rings is 1. The van der Waals surface area contributed by atoms with E-state index in [2.05, 4.69) is 35.4 Å². The van der Waals surface area contributed by atoms with Crippen LogP contribution in [0.4, 0.5) is 0 Å². The molecule has 3 rings (SSSR count). The van der Waals surface area contributed by atoms with E-state index in [1.807, 2.05) is 13.0 Å². The zero-order chi connectivity index (χ0) is 18.1. The van der Waals surface area contributed by atoms with Gasteiger partial charge in [0.05, 0.1) is 17.1 Å². The van der Waals surface area contributed by atoms with E-state index in [1.54, 1.807) is 34.6 Å². The molecule has 6 heteroatoms. The Labute approximate surface area is 151 Å². The summed E-state index contributed by atoms with van der Waals surface area (Å²) in [5, 5.41) is 12.0. The molecule has 2 heterocycles. The molecular weight excluding hydrogens is 334 g/mol. The van der Waals surface area contributed by atoms with Gasteiger partial charge in [-0.3, -0.25) is 14.0 Å². The first kappa shape index (κ1) is 17.9. The Kier molecular flexibility index (Phi) is 5.13. The molecule has 0 radical (unpaired) electrons. The molecule has 134 valence electrons. The summed E-state index contributed by atoms with van der Waals surface area (Å²) in [5.41, 5.74) is 4.30. The van der Waals surface area contributed by atoms with Crippen LogP contribution in [0.1, 0.15) is 22.9 Å². The van der Waals surface area contributed by atoms with Gasteiger partial charge in [0.2, 0.25) is 0 Å². The predicted molar refractivity (Wildman–Crippen MR) is 103 cm³/mol. The molecule has 0 aliphatic rings. The van der Waals surface area contributed by atoms with Crippen LogP contribution in [0.25, 0.3) is 11.0 Å². The van der Waals surface area contributed by atoms with Gasteiger partial charge in [-0.15, -0.1) is 11.3 Å². The Hall–Kier alpha value is -1.89. The molecule has 25 heavy (non-hydrogen) atoms. The van der Waals surface area contributed by atoms with Gasteiger partial charge in [-0.2, -0.15) is 0 Å². The van der Waals surface area contributed by atoms with E-state index in [-0.39, 0.29) is 11.8 Å². The summed E-state index contributed by atoms with van der Waals surface area (Å²) in [7, 11) is 3.60. The number of thiophene rings is 1. The highest BCUT2D eigenvalue weighted by atomic mass is 32.1. The molecule has 0 saturated carbocycles. The lowest BCUT2D eigenvalue weighted by molar-refractivity contribution is 0.118. The van der Waals surface area contributed by atoms with E-state index in [0.717, 1.165) is 29.7 Å². The van der Waals surface area contributed by atoms with Gasteiger partial charge < -0.3 is 5.11 Å². The molecule has 0 amide bonds. The van der Waals surface area contributed by atoms with Gasteiger partial charge >= 0.3 is 5.69 Å². The van der Waals surface area contributed by atoms with Gasteiger partial charge in [-0.25, -0.2) is 4.79 Å². The number of rotatable bonds is 6. The maximum absolute atomic E-state index is 12.1. The van der Waals surface area contributed by atoms with E-state index in [9.17, 15) is 9.90 Å². The predicted octanol–water partition coefficient (Wildman–Crippen LogP) is 2.63. The maximum atomic E-state index is 12.1. The molecule has 1 atom stereocenters. The van der Waals surface area contributed by atoms with Gasteiger partial charge in [-0.05, 0) is 48.6 Å². The SMILES string of the molecule is Cc1ccsc1CN(Cc1ccc2c(c1)n(C)c(=O)n2C)C[C@H](C)O. The molecule has 0 aliphatic heterocycles. The zero-order valence-electron chi connectivity index (χ0n) is 15.2. The fourth-order valence-corrected chi connectivity index (χ4v) is 4.18. The van der Waals surface area contributed by atoms with Crippen LogP contribution in [-0.2, 0) is 27.2 Å². The Morgan fingerprint density at radius 2 is 1.88 bits per heavy atom. The molecule has 0 aliphatic carbocycles. The first-order valence-corrected chi connectivity index (χ1v) is 9.32. The van der Waals surface area contributed by atoms with Gasteiger partial charge in [0, 0.05) is 38.6 Å². The van der Waals surface area contributed by atoms with Crippen molar-refractivity contribution in [3.05, 3.63) is 56.1 Å². The summed E-state index contributed by atoms with van der Waals surface area (Å²) in [6.07, 6.45) is -0.384. The fourth-order valence-electron chi connectivity index (χ4n) is 3.24. The number of aliphatic hydroxyl groups excluding tert-OH is 1. The fraction of sp³-hybridized carbons (Fsp3) is 0.421. The summed E-state index contributed by atoms with van der Waals surface area (Å²) in [5.74, 6) is 0. The smallest absolute Gasteiger partial charge is 0.328 e. The van der Waals surface area contributed by atoms with Crippen molar-refractivity contribution in [1.29, 1.82) is 0 Å². The molecule has 0 unspecified atom stereocenters. The Morgan fingerprint density at radius 3 is 2.52 bits per heavy atom. The van der Waals surface area contributed by atoms with E-state index in [4.69, 9.17) is 0 Å². The molecule has 2 aromatic heterocycles. The highest BCUT2D eigenvalue weighted by molar-refractivity contribution is 7.10. The highest BCUT2D eigenvalue weighted by Gasteiger charge is 2.14. The van der Waals surface area contributed by atoms with Crippen molar-refractivity contribution in [1.82, 2.24) is 14.0 Å². The van der Waals surface area contributed by atoms with Crippen LogP contribution in [0, 0.1) is 6.92 Å². The number of fused-ring (bicyclic) bond motifs is 1. The average Bonchev–Trinajstić information content (AvgIpc) is 3.05. The number of aryl methyl sites for hydroxylation is 3. The standard InChI is InChI=1S/C19H25N3O2S/c1-13-7-8-25-18(13)12-22(10-14(2)23)11-15-5-6-16-17(9-15)21(4)19(24)20(16)3/h5-9,14,23H,10-12H2,1-4H3/t14-/m0/s1. The Bertz CT molecular complexity index is 936. The van der Waals surface area contributed by atoms with Crippen LogP contribution in [0.2, 0.25) is 0 Å². The van der Waals surface area contributed by atoms with E-state index < -0.39 is 0 Å². The largest absolute Gasteiger partial charge is 0.392 e. The van der Waals surface area contributed by atoms with Crippen molar-refractivity contribution >= 4 is 22.4 Å². The Balaban J connectivity index is 1.88. The van der Waals surface area contributed by atoms with Gasteiger partial charge in [0.1, 0.15) is 0 Å². The second-order valence-corrected chi connectivity index (χ2v) is 7.77. The van der Waals surface area contributed by atoms with Crippen LogP contribution < -0.4 is 5.69 Å². The third-order valence-corrected chi connectivity index (χ3v) is 5.61. The summed E-state index contributed by atoms with van der Waals surface area (Å²) in [6, 6.07) is 8.28. The lowest BCUT2D eigenvalue weighted by atomic mass is 10.1. The van der Waals surface area contributed by atoms with Crippen LogP contribution >= 0.6 is 11.3 Å². The van der Waals surface area contributed by atoms with Crippen molar-refractivity contribution in [2.45, 2.75) is 33.0 Å². The number of hydrogen-bond donors (Lipinski definition) is 1. The molecule has 1 N–H and O–H groups in total. The minimum absolute atomic E-state index is 0.0119. The van der Waals surface area contributed by atoms with Crippen LogP contribution in [-0.4, -0.2) is 31.8 Å². The number of nitrogens with zero attached hydrogens (tertiary/aromatic N) is 3. The molecule has 3 aromatic rings. The summed E-state index contributed by atoms with van der Waals surface area (Å²) < 4.78 is 3.35. The maximum Gasteiger partial charge on any atom is 0.328 e. The summed E-state index contributed by atoms with van der Waals surface area (Å²) in [4.78, 5) is 15.7. The second-order valence-electron chi connectivity index (χ2n) is 6.77. The van der Waals surface area contributed by atoms with Crippen molar-refractivity contribution in [3.63, 3.8) is 0 Å². The molecule has 0 saturated heterocycles. The van der Waals surface area contributed by atoms with E-state index >= 15 is 0 Å². The van der Waals surface area contributed by atoms with E-state index in [0.29, 0.717) is 6.54 Å². The van der Waals surface area contributed by atoms with Crippen LogP contribution in [0.5, 0.6) is 0 Å². The molecule has 0 spiro atoms. The number of aliphatic hydroxyl groups is 1. The third-order valence-electron chi connectivity index (χ3n) is 4.60. The summed E-state index contributed by atoms with van der Waals surface area (Å²) >= 11 is 1.75. The topological polar surface area (TPSA) is 50.4 Å². The van der Waals surface area contributed by atoms with Gasteiger partial charge in [0.25, 0.3) is 0 Å². The normalized spacial score (nSPS) is 13.0. The first-order valence-electron chi connectivity index (χ1n) is 8.44. The first-order chi connectivity index (χ1) is 11.9. The van der Waals surface area contributed by atoms with E-state index in [1.165, 1.54) is 10.4 Å². The molecular formula is C19H25N3O2S. The van der Waals surface area contributed by atoms with Crippen molar-refractivity contribution < 1.29 is 5.11 Å². The molecule has 1 aromatic carbocycles. The lowest BCUT2D eigenvalue weighted by Gasteiger charge is -2.24. The zero-order valence-corrected chi connectivity index (χ0v) is 16.0.